The molecule has 3 heterocycles. The van der Waals surface area contributed by atoms with Gasteiger partial charge in [0, 0.05) is 47.6 Å². The maximum absolute atomic E-state index is 12.8. The van der Waals surface area contributed by atoms with Gasteiger partial charge in [0.1, 0.15) is 11.5 Å². The van der Waals surface area contributed by atoms with Crippen molar-refractivity contribution in [3.8, 4) is 0 Å². The van der Waals surface area contributed by atoms with Crippen molar-refractivity contribution in [1.29, 1.82) is 0 Å². The SMILES string of the molecule is Cc1cc(NC(=O)CN2CCN(C(=O)c3cc4ccc(Br)cc4[nH]3)CC2)no1. The number of aromatic nitrogens is 2. The molecule has 2 aromatic heterocycles. The van der Waals surface area contributed by atoms with Gasteiger partial charge in [-0.3, -0.25) is 14.5 Å². The molecule has 0 saturated carbocycles. The van der Waals surface area contributed by atoms with E-state index in [0.29, 0.717) is 43.5 Å². The van der Waals surface area contributed by atoms with Crippen LogP contribution >= 0.6 is 15.9 Å². The first kappa shape index (κ1) is 18.7. The van der Waals surface area contributed by atoms with Crippen molar-refractivity contribution in [2.24, 2.45) is 0 Å². The van der Waals surface area contributed by atoms with Crippen molar-refractivity contribution < 1.29 is 14.1 Å². The van der Waals surface area contributed by atoms with Crippen molar-refractivity contribution >= 4 is 44.5 Å². The van der Waals surface area contributed by atoms with E-state index in [2.05, 4.69) is 31.4 Å². The van der Waals surface area contributed by atoms with E-state index < -0.39 is 0 Å². The first-order valence-corrected chi connectivity index (χ1v) is 9.80. The number of piperazine rings is 1. The number of carbonyl (C=O) groups excluding carboxylic acids is 2. The zero-order valence-corrected chi connectivity index (χ0v) is 17.0. The molecule has 2 N–H and O–H groups in total. The summed E-state index contributed by atoms with van der Waals surface area (Å²) in [4.78, 5) is 32.0. The fraction of sp³-hybridized carbons (Fsp3) is 0.316. The molecule has 0 spiro atoms. The number of carbonyl (C=O) groups is 2. The number of aromatic amines is 1. The molecule has 1 aliphatic rings. The van der Waals surface area contributed by atoms with E-state index in [1.165, 1.54) is 0 Å². The molecule has 9 heteroatoms. The molecule has 1 saturated heterocycles. The molecule has 146 valence electrons. The number of aryl methyl sites for hydroxylation is 1. The Balaban J connectivity index is 1.31. The molecule has 0 aliphatic carbocycles. The predicted octanol–water partition coefficient (Wildman–Crippen LogP) is 2.62. The average molecular weight is 446 g/mol. The Labute approximate surface area is 170 Å². The molecule has 0 atom stereocenters. The summed E-state index contributed by atoms with van der Waals surface area (Å²) in [6.07, 6.45) is 0. The van der Waals surface area contributed by atoms with Gasteiger partial charge >= 0.3 is 0 Å². The monoisotopic (exact) mass is 445 g/mol. The van der Waals surface area contributed by atoms with Gasteiger partial charge in [0.15, 0.2) is 5.82 Å². The summed E-state index contributed by atoms with van der Waals surface area (Å²) in [5.74, 6) is 0.900. The highest BCUT2D eigenvalue weighted by Crippen LogP contribution is 2.21. The zero-order chi connectivity index (χ0) is 19.7. The Morgan fingerprint density at radius 3 is 2.71 bits per heavy atom. The van der Waals surface area contributed by atoms with Crippen LogP contribution in [-0.4, -0.2) is 64.5 Å². The Morgan fingerprint density at radius 1 is 1.21 bits per heavy atom. The number of fused-ring (bicyclic) bond motifs is 1. The third kappa shape index (κ3) is 4.10. The third-order valence-electron chi connectivity index (χ3n) is 4.74. The zero-order valence-electron chi connectivity index (χ0n) is 15.4. The number of hydrogen-bond donors (Lipinski definition) is 2. The number of amides is 2. The van der Waals surface area contributed by atoms with Crippen LogP contribution in [0.5, 0.6) is 0 Å². The molecule has 0 radical (unpaired) electrons. The largest absolute Gasteiger partial charge is 0.360 e. The highest BCUT2D eigenvalue weighted by Gasteiger charge is 2.24. The van der Waals surface area contributed by atoms with Crippen LogP contribution in [0.1, 0.15) is 16.2 Å². The van der Waals surface area contributed by atoms with Crippen LogP contribution in [-0.2, 0) is 4.79 Å². The molecular formula is C19H20BrN5O3. The summed E-state index contributed by atoms with van der Waals surface area (Å²) in [7, 11) is 0. The predicted molar refractivity (Wildman–Crippen MR) is 108 cm³/mol. The van der Waals surface area contributed by atoms with Gasteiger partial charge in [-0.25, -0.2) is 0 Å². The maximum atomic E-state index is 12.8. The lowest BCUT2D eigenvalue weighted by Gasteiger charge is -2.34. The summed E-state index contributed by atoms with van der Waals surface area (Å²) in [6, 6.07) is 9.43. The number of rotatable bonds is 4. The quantitative estimate of drug-likeness (QED) is 0.643. The van der Waals surface area contributed by atoms with Crippen molar-refractivity contribution in [1.82, 2.24) is 19.9 Å². The Morgan fingerprint density at radius 2 is 2.00 bits per heavy atom. The number of benzene rings is 1. The van der Waals surface area contributed by atoms with Crippen LogP contribution in [0, 0.1) is 6.92 Å². The summed E-state index contributed by atoms with van der Waals surface area (Å²) in [6.45, 7) is 4.47. The first-order valence-electron chi connectivity index (χ1n) is 9.01. The van der Waals surface area contributed by atoms with Crippen molar-refractivity contribution in [3.63, 3.8) is 0 Å². The van der Waals surface area contributed by atoms with E-state index in [4.69, 9.17) is 4.52 Å². The molecule has 2 amide bonds. The summed E-state index contributed by atoms with van der Waals surface area (Å²) >= 11 is 3.44. The van der Waals surface area contributed by atoms with Crippen LogP contribution in [0.15, 0.2) is 39.3 Å². The van der Waals surface area contributed by atoms with Crippen LogP contribution in [0.25, 0.3) is 10.9 Å². The van der Waals surface area contributed by atoms with E-state index in [-0.39, 0.29) is 18.4 Å². The van der Waals surface area contributed by atoms with Gasteiger partial charge in [-0.1, -0.05) is 27.2 Å². The lowest BCUT2D eigenvalue weighted by atomic mass is 10.2. The molecular weight excluding hydrogens is 426 g/mol. The number of hydrogen-bond acceptors (Lipinski definition) is 5. The van der Waals surface area contributed by atoms with Gasteiger partial charge in [-0.05, 0) is 25.1 Å². The number of nitrogens with zero attached hydrogens (tertiary/aromatic N) is 3. The molecule has 28 heavy (non-hydrogen) atoms. The van der Waals surface area contributed by atoms with Gasteiger partial charge in [0.2, 0.25) is 5.91 Å². The lowest BCUT2D eigenvalue weighted by molar-refractivity contribution is -0.117. The average Bonchev–Trinajstić information content (AvgIpc) is 3.27. The number of anilines is 1. The summed E-state index contributed by atoms with van der Waals surface area (Å²) in [5, 5.41) is 7.48. The molecule has 1 fully saturated rings. The molecule has 0 bridgehead atoms. The van der Waals surface area contributed by atoms with Gasteiger partial charge < -0.3 is 19.7 Å². The second kappa shape index (κ2) is 7.76. The molecule has 1 aliphatic heterocycles. The fourth-order valence-corrected chi connectivity index (χ4v) is 3.67. The Kier molecular flexibility index (Phi) is 5.19. The minimum Gasteiger partial charge on any atom is -0.360 e. The normalized spacial score (nSPS) is 15.1. The second-order valence-electron chi connectivity index (χ2n) is 6.85. The van der Waals surface area contributed by atoms with Crippen LogP contribution in [0.2, 0.25) is 0 Å². The van der Waals surface area contributed by atoms with Crippen LogP contribution < -0.4 is 5.32 Å². The van der Waals surface area contributed by atoms with E-state index in [0.717, 1.165) is 15.4 Å². The summed E-state index contributed by atoms with van der Waals surface area (Å²) in [5.41, 5.74) is 1.51. The Bertz CT molecular complexity index is 1020. The van der Waals surface area contributed by atoms with Crippen LogP contribution in [0.4, 0.5) is 5.82 Å². The standard InChI is InChI=1S/C19H20BrN5O3/c1-12-8-17(23-28-12)22-18(26)11-24-4-6-25(7-5-24)19(27)16-9-13-2-3-14(20)10-15(13)21-16/h2-3,8-10,21H,4-7,11H2,1H3,(H,22,23,26). The Hall–Kier alpha value is -2.65. The van der Waals surface area contributed by atoms with Crippen LogP contribution in [0.3, 0.4) is 0 Å². The van der Waals surface area contributed by atoms with Gasteiger partial charge in [0.25, 0.3) is 5.91 Å². The molecule has 8 nitrogen and oxygen atoms in total. The third-order valence-corrected chi connectivity index (χ3v) is 5.23. The van der Waals surface area contributed by atoms with E-state index >= 15 is 0 Å². The summed E-state index contributed by atoms with van der Waals surface area (Å²) < 4.78 is 5.90. The highest BCUT2D eigenvalue weighted by atomic mass is 79.9. The van der Waals surface area contributed by atoms with Crippen molar-refractivity contribution in [3.05, 3.63) is 46.3 Å². The van der Waals surface area contributed by atoms with Gasteiger partial charge in [-0.2, -0.15) is 0 Å². The highest BCUT2D eigenvalue weighted by molar-refractivity contribution is 9.10. The van der Waals surface area contributed by atoms with E-state index in [9.17, 15) is 9.59 Å². The molecule has 4 rings (SSSR count). The molecule has 3 aromatic rings. The minimum absolute atomic E-state index is 0.0190. The van der Waals surface area contributed by atoms with Gasteiger partial charge in [-0.15, -0.1) is 0 Å². The van der Waals surface area contributed by atoms with Crippen molar-refractivity contribution in [2.45, 2.75) is 6.92 Å². The minimum atomic E-state index is -0.144. The van der Waals surface area contributed by atoms with Gasteiger partial charge in [0.05, 0.1) is 6.54 Å². The maximum Gasteiger partial charge on any atom is 0.270 e. The van der Waals surface area contributed by atoms with E-state index in [1.807, 2.05) is 34.1 Å². The number of H-pyrrole nitrogens is 1. The fourth-order valence-electron chi connectivity index (χ4n) is 3.30. The van der Waals surface area contributed by atoms with Crippen molar-refractivity contribution in [2.75, 3.05) is 38.0 Å². The molecule has 1 aromatic carbocycles. The number of nitrogens with one attached hydrogen (secondary N) is 2. The lowest BCUT2D eigenvalue weighted by Crippen LogP contribution is -2.50. The molecule has 0 unspecified atom stereocenters. The number of halogens is 1. The second-order valence-corrected chi connectivity index (χ2v) is 7.77. The van der Waals surface area contributed by atoms with E-state index in [1.54, 1.807) is 13.0 Å². The smallest absolute Gasteiger partial charge is 0.270 e. The topological polar surface area (TPSA) is 94.5 Å². The first-order chi connectivity index (χ1) is 13.5.